The van der Waals surface area contributed by atoms with Crippen LogP contribution in [-0.4, -0.2) is 39.9 Å². The molecule has 0 saturated carbocycles. The number of nitrogens with zero attached hydrogens (tertiary/aromatic N) is 2. The van der Waals surface area contributed by atoms with Crippen LogP contribution in [-0.2, 0) is 15.6 Å². The van der Waals surface area contributed by atoms with Crippen molar-refractivity contribution in [2.75, 3.05) is 21.3 Å². The van der Waals surface area contributed by atoms with Crippen LogP contribution >= 0.6 is 0 Å². The Morgan fingerprint density at radius 3 is 2.22 bits per heavy atom. The molecular weight excluding hydrogens is 436 g/mol. The van der Waals surface area contributed by atoms with Crippen molar-refractivity contribution in [3.63, 3.8) is 0 Å². The lowest BCUT2D eigenvalue weighted by Crippen LogP contribution is -2.03. The molecule has 0 radical (unpaired) electrons. The van der Waals surface area contributed by atoms with Gasteiger partial charge in [-0.05, 0) is 36.4 Å². The number of ether oxygens (including phenoxy) is 3. The summed E-state index contributed by atoms with van der Waals surface area (Å²) in [5, 5.41) is 3.98. The van der Waals surface area contributed by atoms with Gasteiger partial charge in [0, 0.05) is 5.56 Å². The predicted molar refractivity (Wildman–Crippen MR) is 114 cm³/mol. The quantitative estimate of drug-likeness (QED) is 0.388. The molecule has 4 aromatic rings. The lowest BCUT2D eigenvalue weighted by atomic mass is 10.1. The predicted octanol–water partition coefficient (Wildman–Crippen LogP) is 4.00. The molecule has 0 N–H and O–H groups in total. The summed E-state index contributed by atoms with van der Waals surface area (Å²) in [5.41, 5.74) is 0.577. The van der Waals surface area contributed by atoms with Crippen LogP contribution in [0.5, 0.6) is 17.2 Å². The zero-order valence-corrected chi connectivity index (χ0v) is 18.4. The van der Waals surface area contributed by atoms with Crippen LogP contribution in [0.2, 0.25) is 0 Å². The van der Waals surface area contributed by atoms with Crippen molar-refractivity contribution >= 4 is 9.84 Å². The Morgan fingerprint density at radius 1 is 0.906 bits per heavy atom. The molecule has 0 bridgehead atoms. The van der Waals surface area contributed by atoms with Crippen LogP contribution < -0.4 is 14.2 Å². The van der Waals surface area contributed by atoms with E-state index in [-0.39, 0.29) is 33.9 Å². The molecule has 2 aromatic heterocycles. The Hall–Kier alpha value is -3.79. The second-order valence-electron chi connectivity index (χ2n) is 6.68. The molecule has 0 aliphatic carbocycles. The standard InChI is InChI=1S/C22H20N2O7S/c1-27-18-11-14(12-19(28-2)20(18)29-3)21-23-22(31-24-21)17-10-9-15(30-17)13-32(25,26)16-7-5-4-6-8-16/h4-12H,13H2,1-3H3. The van der Waals surface area contributed by atoms with E-state index in [2.05, 4.69) is 10.1 Å². The second-order valence-corrected chi connectivity index (χ2v) is 8.66. The third-order valence-electron chi connectivity index (χ3n) is 4.66. The van der Waals surface area contributed by atoms with Gasteiger partial charge < -0.3 is 23.2 Å². The summed E-state index contributed by atoms with van der Waals surface area (Å²) in [6.07, 6.45) is 0. The van der Waals surface area contributed by atoms with Gasteiger partial charge in [-0.25, -0.2) is 8.42 Å². The van der Waals surface area contributed by atoms with Gasteiger partial charge in [0.2, 0.25) is 11.6 Å². The highest BCUT2D eigenvalue weighted by molar-refractivity contribution is 7.90. The van der Waals surface area contributed by atoms with E-state index in [1.165, 1.54) is 21.3 Å². The van der Waals surface area contributed by atoms with Gasteiger partial charge in [-0.2, -0.15) is 4.98 Å². The van der Waals surface area contributed by atoms with Crippen LogP contribution in [0.3, 0.4) is 0 Å². The fraction of sp³-hybridized carbons (Fsp3) is 0.182. The van der Waals surface area contributed by atoms with Gasteiger partial charge in [-0.15, -0.1) is 0 Å². The fourth-order valence-corrected chi connectivity index (χ4v) is 4.39. The van der Waals surface area contributed by atoms with Crippen LogP contribution in [0, 0.1) is 0 Å². The molecule has 166 valence electrons. The topological polar surface area (TPSA) is 114 Å². The summed E-state index contributed by atoms with van der Waals surface area (Å²) in [5.74, 6) is 1.94. The van der Waals surface area contributed by atoms with Gasteiger partial charge in [-0.1, -0.05) is 23.4 Å². The molecule has 0 fully saturated rings. The Labute approximate surface area is 184 Å². The Morgan fingerprint density at radius 2 is 1.59 bits per heavy atom. The molecule has 0 unspecified atom stereocenters. The van der Waals surface area contributed by atoms with Crippen molar-refractivity contribution in [3.8, 4) is 40.3 Å². The minimum atomic E-state index is -3.54. The Bertz CT molecular complexity index is 1300. The van der Waals surface area contributed by atoms with E-state index >= 15 is 0 Å². The zero-order chi connectivity index (χ0) is 22.7. The molecule has 2 heterocycles. The van der Waals surface area contributed by atoms with Crippen molar-refractivity contribution < 1.29 is 31.6 Å². The van der Waals surface area contributed by atoms with Crippen molar-refractivity contribution in [1.82, 2.24) is 10.1 Å². The minimum Gasteiger partial charge on any atom is -0.493 e. The summed E-state index contributed by atoms with van der Waals surface area (Å²) in [6, 6.07) is 14.7. The highest BCUT2D eigenvalue weighted by atomic mass is 32.2. The van der Waals surface area contributed by atoms with E-state index in [1.807, 2.05) is 0 Å². The van der Waals surface area contributed by atoms with E-state index in [1.54, 1.807) is 54.6 Å². The molecule has 0 amide bonds. The average Bonchev–Trinajstić information content (AvgIpc) is 3.48. The van der Waals surface area contributed by atoms with Gasteiger partial charge in [-0.3, -0.25) is 0 Å². The molecule has 0 aliphatic heterocycles. The maximum Gasteiger partial charge on any atom is 0.293 e. The van der Waals surface area contributed by atoms with Gasteiger partial charge in [0.05, 0.1) is 26.2 Å². The van der Waals surface area contributed by atoms with Crippen LogP contribution in [0.4, 0.5) is 0 Å². The molecule has 10 heteroatoms. The highest BCUT2D eigenvalue weighted by Crippen LogP contribution is 2.40. The largest absolute Gasteiger partial charge is 0.493 e. The molecule has 32 heavy (non-hydrogen) atoms. The molecule has 0 saturated heterocycles. The van der Waals surface area contributed by atoms with Crippen LogP contribution in [0.1, 0.15) is 5.76 Å². The smallest absolute Gasteiger partial charge is 0.293 e. The first-order chi connectivity index (χ1) is 15.4. The van der Waals surface area contributed by atoms with Crippen molar-refractivity contribution in [3.05, 3.63) is 60.4 Å². The number of aromatic nitrogens is 2. The molecular formula is C22H20N2O7S. The number of furan rings is 1. The van der Waals surface area contributed by atoms with Crippen molar-refractivity contribution in [2.45, 2.75) is 10.6 Å². The Balaban J connectivity index is 1.60. The SMILES string of the molecule is COc1cc(-c2noc(-c3ccc(CS(=O)(=O)c4ccccc4)o3)n2)cc(OC)c1OC. The molecule has 9 nitrogen and oxygen atoms in total. The number of rotatable bonds is 8. The fourth-order valence-electron chi connectivity index (χ4n) is 3.12. The first kappa shape index (κ1) is 21.4. The normalized spacial score (nSPS) is 11.3. The van der Waals surface area contributed by atoms with Crippen molar-refractivity contribution in [2.24, 2.45) is 0 Å². The van der Waals surface area contributed by atoms with E-state index in [9.17, 15) is 8.42 Å². The average molecular weight is 456 g/mol. The monoisotopic (exact) mass is 456 g/mol. The number of methoxy groups -OCH3 is 3. The minimum absolute atomic E-state index is 0.108. The summed E-state index contributed by atoms with van der Waals surface area (Å²) < 4.78 is 52.1. The Kier molecular flexibility index (Phi) is 5.87. The number of benzene rings is 2. The number of sulfone groups is 1. The molecule has 0 aliphatic rings. The molecule has 0 spiro atoms. The lowest BCUT2D eigenvalue weighted by molar-refractivity contribution is 0.324. The van der Waals surface area contributed by atoms with Crippen molar-refractivity contribution in [1.29, 1.82) is 0 Å². The summed E-state index contributed by atoms with van der Waals surface area (Å²) in [4.78, 5) is 4.57. The van der Waals surface area contributed by atoms with E-state index in [0.29, 0.717) is 22.8 Å². The molecule has 0 atom stereocenters. The van der Waals surface area contributed by atoms with Gasteiger partial charge >= 0.3 is 0 Å². The van der Waals surface area contributed by atoms with E-state index < -0.39 is 9.84 Å². The maximum atomic E-state index is 12.6. The molecule has 4 rings (SSSR count). The van der Waals surface area contributed by atoms with Gasteiger partial charge in [0.15, 0.2) is 27.1 Å². The van der Waals surface area contributed by atoms with Crippen LogP contribution in [0.15, 0.2) is 68.4 Å². The third kappa shape index (κ3) is 4.17. The second kappa shape index (κ2) is 8.75. The first-order valence-corrected chi connectivity index (χ1v) is 11.1. The maximum absolute atomic E-state index is 12.6. The third-order valence-corrected chi connectivity index (χ3v) is 6.31. The number of hydrogen-bond donors (Lipinski definition) is 0. The van der Waals surface area contributed by atoms with E-state index in [4.69, 9.17) is 23.2 Å². The van der Waals surface area contributed by atoms with Crippen LogP contribution in [0.25, 0.3) is 23.0 Å². The van der Waals surface area contributed by atoms with Gasteiger partial charge in [0.25, 0.3) is 5.89 Å². The lowest BCUT2D eigenvalue weighted by Gasteiger charge is -2.12. The first-order valence-electron chi connectivity index (χ1n) is 9.46. The highest BCUT2D eigenvalue weighted by Gasteiger charge is 2.21. The summed E-state index contributed by atoms with van der Waals surface area (Å²) >= 11 is 0. The van der Waals surface area contributed by atoms with Gasteiger partial charge in [0.1, 0.15) is 11.5 Å². The molecule has 2 aromatic carbocycles. The number of hydrogen-bond acceptors (Lipinski definition) is 9. The summed E-state index contributed by atoms with van der Waals surface area (Å²) in [6.45, 7) is 0. The zero-order valence-electron chi connectivity index (χ0n) is 17.6. The summed E-state index contributed by atoms with van der Waals surface area (Å²) in [7, 11) is 0.992. The van der Waals surface area contributed by atoms with E-state index in [0.717, 1.165) is 0 Å².